The van der Waals surface area contributed by atoms with Gasteiger partial charge in [0.1, 0.15) is 18.3 Å². The van der Waals surface area contributed by atoms with Gasteiger partial charge < -0.3 is 4.98 Å². The molecule has 3 aromatic carbocycles. The molecule has 0 amide bonds. The predicted octanol–water partition coefficient (Wildman–Crippen LogP) is 5.17. The number of para-hydroxylation sites is 1. The van der Waals surface area contributed by atoms with E-state index < -0.39 is 12.5 Å². The van der Waals surface area contributed by atoms with Gasteiger partial charge >= 0.3 is 0 Å². The van der Waals surface area contributed by atoms with Crippen LogP contribution in [-0.2, 0) is 6.67 Å². The van der Waals surface area contributed by atoms with E-state index in [1.165, 1.54) is 6.07 Å². The van der Waals surface area contributed by atoms with E-state index in [1.807, 2.05) is 13.0 Å². The van der Waals surface area contributed by atoms with Crippen molar-refractivity contribution in [2.24, 2.45) is 0 Å². The quantitative estimate of drug-likeness (QED) is 0.546. The lowest BCUT2D eigenvalue weighted by atomic mass is 9.99. The molecule has 0 atom stereocenters. The molecule has 3 nitrogen and oxygen atoms in total. The third-order valence-corrected chi connectivity index (χ3v) is 4.54. The minimum absolute atomic E-state index is 0.267. The van der Waals surface area contributed by atoms with Gasteiger partial charge in [-0.25, -0.2) is 13.8 Å². The van der Waals surface area contributed by atoms with Crippen LogP contribution in [0.25, 0.3) is 33.4 Å². The molecule has 27 heavy (non-hydrogen) atoms. The topological polar surface area (TPSA) is 45.8 Å². The zero-order chi connectivity index (χ0) is 19.0. The maximum absolute atomic E-state index is 14.2. The van der Waals surface area contributed by atoms with Gasteiger partial charge in [-0.2, -0.15) is 0 Å². The SMILES string of the molecule is Cc1cccc2c(=O)[nH]c(-c3cc(CF)cc(-c4ccccc4F)c3)nc12. The van der Waals surface area contributed by atoms with Gasteiger partial charge in [0.05, 0.1) is 10.9 Å². The second kappa shape index (κ2) is 6.76. The molecule has 1 N–H and O–H groups in total. The highest BCUT2D eigenvalue weighted by atomic mass is 19.1. The average molecular weight is 362 g/mol. The lowest BCUT2D eigenvalue weighted by molar-refractivity contribution is 0.485. The first-order valence-corrected chi connectivity index (χ1v) is 8.51. The van der Waals surface area contributed by atoms with E-state index in [0.29, 0.717) is 39.0 Å². The molecule has 0 radical (unpaired) electrons. The molecular formula is C22H16F2N2O. The lowest BCUT2D eigenvalue weighted by Gasteiger charge is -2.10. The zero-order valence-electron chi connectivity index (χ0n) is 14.6. The molecular weight excluding hydrogens is 346 g/mol. The Kier molecular flexibility index (Phi) is 4.28. The average Bonchev–Trinajstić information content (AvgIpc) is 2.68. The fraction of sp³-hybridized carbons (Fsp3) is 0.0909. The summed E-state index contributed by atoms with van der Waals surface area (Å²) in [4.78, 5) is 19.8. The summed E-state index contributed by atoms with van der Waals surface area (Å²) in [5, 5.41) is 0.495. The van der Waals surface area contributed by atoms with Crippen molar-refractivity contribution in [3.05, 3.63) is 88.0 Å². The predicted molar refractivity (Wildman–Crippen MR) is 103 cm³/mol. The van der Waals surface area contributed by atoms with E-state index in [0.717, 1.165) is 5.56 Å². The Labute approximate surface area is 154 Å². The Morgan fingerprint density at radius 3 is 2.56 bits per heavy atom. The third-order valence-electron chi connectivity index (χ3n) is 4.54. The molecule has 4 rings (SSSR count). The molecule has 4 aromatic rings. The van der Waals surface area contributed by atoms with Crippen LogP contribution >= 0.6 is 0 Å². The van der Waals surface area contributed by atoms with Gasteiger partial charge in [0, 0.05) is 11.1 Å². The Hall–Kier alpha value is -3.34. The maximum atomic E-state index is 14.2. The molecule has 1 heterocycles. The molecule has 0 fully saturated rings. The summed E-state index contributed by atoms with van der Waals surface area (Å²) in [6.45, 7) is 1.17. The van der Waals surface area contributed by atoms with Crippen molar-refractivity contribution in [1.29, 1.82) is 0 Å². The maximum Gasteiger partial charge on any atom is 0.259 e. The van der Waals surface area contributed by atoms with E-state index in [-0.39, 0.29) is 5.56 Å². The molecule has 0 aliphatic rings. The molecule has 0 spiro atoms. The summed E-state index contributed by atoms with van der Waals surface area (Å²) < 4.78 is 27.6. The van der Waals surface area contributed by atoms with Crippen LogP contribution in [0.3, 0.4) is 0 Å². The number of hydrogen-bond donors (Lipinski definition) is 1. The summed E-state index contributed by atoms with van der Waals surface area (Å²) in [6, 6.07) is 16.6. The van der Waals surface area contributed by atoms with Gasteiger partial charge in [-0.3, -0.25) is 4.79 Å². The Balaban J connectivity index is 1.96. The molecule has 0 saturated heterocycles. The van der Waals surface area contributed by atoms with Crippen LogP contribution < -0.4 is 5.56 Å². The highest BCUT2D eigenvalue weighted by molar-refractivity contribution is 5.83. The number of rotatable bonds is 3. The van der Waals surface area contributed by atoms with E-state index in [9.17, 15) is 13.6 Å². The minimum Gasteiger partial charge on any atom is -0.306 e. The van der Waals surface area contributed by atoms with Crippen molar-refractivity contribution in [2.45, 2.75) is 13.6 Å². The van der Waals surface area contributed by atoms with E-state index in [4.69, 9.17) is 0 Å². The van der Waals surface area contributed by atoms with Crippen molar-refractivity contribution in [1.82, 2.24) is 9.97 Å². The van der Waals surface area contributed by atoms with Gasteiger partial charge in [-0.1, -0.05) is 30.3 Å². The fourth-order valence-electron chi connectivity index (χ4n) is 3.20. The number of fused-ring (bicyclic) bond motifs is 1. The number of H-pyrrole nitrogens is 1. The highest BCUT2D eigenvalue weighted by Crippen LogP contribution is 2.29. The second-order valence-electron chi connectivity index (χ2n) is 6.42. The number of alkyl halides is 1. The summed E-state index contributed by atoms with van der Waals surface area (Å²) in [5.74, 6) is -0.0649. The van der Waals surface area contributed by atoms with Gasteiger partial charge in [-0.15, -0.1) is 0 Å². The fourth-order valence-corrected chi connectivity index (χ4v) is 3.20. The monoisotopic (exact) mass is 362 g/mol. The number of halogens is 2. The zero-order valence-corrected chi connectivity index (χ0v) is 14.6. The number of hydrogen-bond acceptors (Lipinski definition) is 2. The van der Waals surface area contributed by atoms with Crippen LogP contribution in [0.2, 0.25) is 0 Å². The number of nitrogens with one attached hydrogen (secondary N) is 1. The van der Waals surface area contributed by atoms with Crippen molar-refractivity contribution in [3.8, 4) is 22.5 Å². The van der Waals surface area contributed by atoms with Crippen LogP contribution in [0.1, 0.15) is 11.1 Å². The van der Waals surface area contributed by atoms with Crippen LogP contribution in [0.15, 0.2) is 65.5 Å². The molecule has 134 valence electrons. The van der Waals surface area contributed by atoms with E-state index in [1.54, 1.807) is 48.5 Å². The minimum atomic E-state index is -0.702. The van der Waals surface area contributed by atoms with Gasteiger partial charge in [0.25, 0.3) is 5.56 Å². The van der Waals surface area contributed by atoms with Gasteiger partial charge in [-0.05, 0) is 53.9 Å². The van der Waals surface area contributed by atoms with Gasteiger partial charge in [0.2, 0.25) is 0 Å². The normalized spacial score (nSPS) is 11.1. The first-order chi connectivity index (χ1) is 13.1. The number of nitrogens with zero attached hydrogens (tertiary/aromatic N) is 1. The number of aromatic amines is 1. The Morgan fingerprint density at radius 1 is 1.00 bits per heavy atom. The van der Waals surface area contributed by atoms with E-state index in [2.05, 4.69) is 9.97 Å². The third kappa shape index (κ3) is 3.12. The number of benzene rings is 3. The summed E-state index contributed by atoms with van der Waals surface area (Å²) >= 11 is 0. The standard InChI is InChI=1S/C22H16F2N2O/c1-13-5-4-7-18-20(13)25-21(26-22(18)27)16-10-14(12-23)9-15(11-16)17-6-2-3-8-19(17)24/h2-11H,12H2,1H3,(H,25,26,27). The summed E-state index contributed by atoms with van der Waals surface area (Å²) in [5.41, 5.74) is 3.02. The number of aryl methyl sites for hydroxylation is 1. The van der Waals surface area contributed by atoms with Crippen molar-refractivity contribution in [2.75, 3.05) is 0 Å². The molecule has 0 unspecified atom stereocenters. The van der Waals surface area contributed by atoms with Crippen LogP contribution in [-0.4, -0.2) is 9.97 Å². The lowest BCUT2D eigenvalue weighted by Crippen LogP contribution is -2.10. The van der Waals surface area contributed by atoms with Crippen LogP contribution in [0, 0.1) is 12.7 Å². The molecule has 5 heteroatoms. The summed E-state index contributed by atoms with van der Waals surface area (Å²) in [6.07, 6.45) is 0. The first kappa shape index (κ1) is 17.1. The first-order valence-electron chi connectivity index (χ1n) is 8.51. The smallest absolute Gasteiger partial charge is 0.259 e. The largest absolute Gasteiger partial charge is 0.306 e. The molecule has 0 aliphatic carbocycles. The molecule has 0 saturated carbocycles. The van der Waals surface area contributed by atoms with Crippen molar-refractivity contribution >= 4 is 10.9 Å². The van der Waals surface area contributed by atoms with Crippen molar-refractivity contribution < 1.29 is 8.78 Å². The van der Waals surface area contributed by atoms with Crippen LogP contribution in [0.4, 0.5) is 8.78 Å². The van der Waals surface area contributed by atoms with Crippen LogP contribution in [0.5, 0.6) is 0 Å². The summed E-state index contributed by atoms with van der Waals surface area (Å²) in [7, 11) is 0. The molecule has 1 aromatic heterocycles. The number of aromatic nitrogens is 2. The second-order valence-corrected chi connectivity index (χ2v) is 6.42. The van der Waals surface area contributed by atoms with Gasteiger partial charge in [0.15, 0.2) is 0 Å². The van der Waals surface area contributed by atoms with Crippen molar-refractivity contribution in [3.63, 3.8) is 0 Å². The molecule has 0 bridgehead atoms. The van der Waals surface area contributed by atoms with E-state index >= 15 is 0 Å². The Bertz CT molecular complexity index is 1210. The Morgan fingerprint density at radius 2 is 1.78 bits per heavy atom. The highest BCUT2D eigenvalue weighted by Gasteiger charge is 2.12. The molecule has 0 aliphatic heterocycles.